The van der Waals surface area contributed by atoms with Crippen molar-refractivity contribution < 1.29 is 4.79 Å². The summed E-state index contributed by atoms with van der Waals surface area (Å²) in [6, 6.07) is 8.02. The minimum absolute atomic E-state index is 0.0719. The number of hydrogen-bond acceptors (Lipinski definition) is 2. The number of hydrogen-bond donors (Lipinski definition) is 2. The average Bonchev–Trinajstić information content (AvgIpc) is 2.37. The van der Waals surface area contributed by atoms with Gasteiger partial charge in [0.25, 0.3) is 0 Å². The van der Waals surface area contributed by atoms with Crippen molar-refractivity contribution in [3.8, 4) is 0 Å². The second kappa shape index (κ2) is 7.88. The molecule has 100 valence electrons. The van der Waals surface area contributed by atoms with Gasteiger partial charge >= 0.3 is 0 Å². The van der Waals surface area contributed by atoms with Crippen LogP contribution in [-0.2, 0) is 11.2 Å². The molecule has 0 spiro atoms. The maximum absolute atomic E-state index is 11.9. The van der Waals surface area contributed by atoms with E-state index in [-0.39, 0.29) is 11.8 Å². The molecule has 1 amide bonds. The Kier molecular flexibility index (Phi) is 6.44. The number of nitrogens with one attached hydrogen (secondary N) is 1. The Bertz CT molecular complexity index is 377. The van der Waals surface area contributed by atoms with Crippen LogP contribution >= 0.6 is 0 Å². The largest absolute Gasteiger partial charge is 0.330 e. The standard InChI is InChI=1S/C15H24N2O/c1-3-6-12(2)15(18)17-14-9-4-7-13(11-14)8-5-10-16/h4,7,9,11-12H,3,5-6,8,10,16H2,1-2H3,(H,17,18). The first-order valence-electron chi connectivity index (χ1n) is 6.77. The third-order valence-corrected chi connectivity index (χ3v) is 3.03. The molecule has 0 fully saturated rings. The third-order valence-electron chi connectivity index (χ3n) is 3.03. The molecular weight excluding hydrogens is 224 g/mol. The molecule has 0 aliphatic carbocycles. The van der Waals surface area contributed by atoms with Crippen LogP contribution in [0.15, 0.2) is 24.3 Å². The van der Waals surface area contributed by atoms with Crippen LogP contribution < -0.4 is 11.1 Å². The monoisotopic (exact) mass is 248 g/mol. The topological polar surface area (TPSA) is 55.1 Å². The maximum atomic E-state index is 11.9. The highest BCUT2D eigenvalue weighted by molar-refractivity contribution is 5.92. The molecule has 0 aliphatic rings. The van der Waals surface area contributed by atoms with Crippen LogP contribution in [0.1, 0.15) is 38.7 Å². The summed E-state index contributed by atoms with van der Waals surface area (Å²) in [5.74, 6) is 0.176. The highest BCUT2D eigenvalue weighted by Gasteiger charge is 2.11. The summed E-state index contributed by atoms with van der Waals surface area (Å²) in [6.07, 6.45) is 3.90. The van der Waals surface area contributed by atoms with E-state index < -0.39 is 0 Å². The van der Waals surface area contributed by atoms with Crippen molar-refractivity contribution in [2.45, 2.75) is 39.5 Å². The Morgan fingerprint density at radius 2 is 2.22 bits per heavy atom. The van der Waals surface area contributed by atoms with E-state index in [9.17, 15) is 4.79 Å². The molecule has 3 N–H and O–H groups in total. The fourth-order valence-corrected chi connectivity index (χ4v) is 1.94. The van der Waals surface area contributed by atoms with Gasteiger partial charge in [0.05, 0.1) is 0 Å². The van der Waals surface area contributed by atoms with Crippen LogP contribution in [0.4, 0.5) is 5.69 Å². The van der Waals surface area contributed by atoms with Crippen molar-refractivity contribution in [2.75, 3.05) is 11.9 Å². The molecule has 0 saturated heterocycles. The Morgan fingerprint density at radius 3 is 2.89 bits per heavy atom. The lowest BCUT2D eigenvalue weighted by molar-refractivity contribution is -0.119. The molecule has 0 aliphatic heterocycles. The van der Waals surface area contributed by atoms with Gasteiger partial charge in [-0.2, -0.15) is 0 Å². The highest BCUT2D eigenvalue weighted by atomic mass is 16.1. The molecule has 1 rings (SSSR count). The minimum atomic E-state index is 0.0719. The molecule has 1 unspecified atom stereocenters. The molecular formula is C15H24N2O. The summed E-state index contributed by atoms with van der Waals surface area (Å²) in [5.41, 5.74) is 7.61. The second-order valence-corrected chi connectivity index (χ2v) is 4.77. The Balaban J connectivity index is 2.58. The van der Waals surface area contributed by atoms with Gasteiger partial charge in [0.1, 0.15) is 0 Å². The van der Waals surface area contributed by atoms with E-state index in [1.54, 1.807) is 0 Å². The normalized spacial score (nSPS) is 12.2. The van der Waals surface area contributed by atoms with Crippen molar-refractivity contribution in [1.82, 2.24) is 0 Å². The Hall–Kier alpha value is -1.35. The van der Waals surface area contributed by atoms with Crippen LogP contribution in [0.5, 0.6) is 0 Å². The number of carbonyl (C=O) groups excluding carboxylic acids is 1. The summed E-state index contributed by atoms with van der Waals surface area (Å²) in [5, 5.41) is 2.97. The SMILES string of the molecule is CCCC(C)C(=O)Nc1cccc(CCCN)c1. The van der Waals surface area contributed by atoms with Crippen molar-refractivity contribution in [3.05, 3.63) is 29.8 Å². The van der Waals surface area contributed by atoms with Crippen molar-refractivity contribution in [2.24, 2.45) is 11.7 Å². The van der Waals surface area contributed by atoms with Gasteiger partial charge < -0.3 is 11.1 Å². The molecule has 1 aromatic rings. The predicted octanol–water partition coefficient (Wildman–Crippen LogP) is 2.95. The van der Waals surface area contributed by atoms with Crippen LogP contribution in [0.3, 0.4) is 0 Å². The van der Waals surface area contributed by atoms with Gasteiger partial charge in [-0.25, -0.2) is 0 Å². The van der Waals surface area contributed by atoms with Gasteiger partial charge in [0.2, 0.25) is 5.91 Å². The van der Waals surface area contributed by atoms with Crippen LogP contribution in [0.25, 0.3) is 0 Å². The average molecular weight is 248 g/mol. The molecule has 1 aromatic carbocycles. The van der Waals surface area contributed by atoms with Crippen molar-refractivity contribution in [3.63, 3.8) is 0 Å². The minimum Gasteiger partial charge on any atom is -0.330 e. The number of carbonyl (C=O) groups is 1. The van der Waals surface area contributed by atoms with Crippen LogP contribution in [0.2, 0.25) is 0 Å². The molecule has 0 bridgehead atoms. The zero-order chi connectivity index (χ0) is 13.4. The van der Waals surface area contributed by atoms with E-state index in [0.29, 0.717) is 6.54 Å². The molecule has 3 heteroatoms. The zero-order valence-corrected chi connectivity index (χ0v) is 11.4. The zero-order valence-electron chi connectivity index (χ0n) is 11.4. The first-order valence-corrected chi connectivity index (χ1v) is 6.77. The molecule has 0 radical (unpaired) electrons. The number of aryl methyl sites for hydroxylation is 1. The first kappa shape index (κ1) is 14.7. The van der Waals surface area contributed by atoms with E-state index in [0.717, 1.165) is 31.4 Å². The first-order chi connectivity index (χ1) is 8.67. The van der Waals surface area contributed by atoms with Gasteiger partial charge in [-0.15, -0.1) is 0 Å². The lowest BCUT2D eigenvalue weighted by atomic mass is 10.0. The number of rotatable bonds is 7. The Labute approximate surface area is 110 Å². The van der Waals surface area contributed by atoms with Gasteiger partial charge in [-0.3, -0.25) is 4.79 Å². The summed E-state index contributed by atoms with van der Waals surface area (Å²) in [4.78, 5) is 11.9. The van der Waals surface area contributed by atoms with E-state index in [2.05, 4.69) is 18.3 Å². The maximum Gasteiger partial charge on any atom is 0.227 e. The predicted molar refractivity (Wildman–Crippen MR) is 76.5 cm³/mol. The van der Waals surface area contributed by atoms with Crippen molar-refractivity contribution >= 4 is 11.6 Å². The summed E-state index contributed by atoms with van der Waals surface area (Å²) < 4.78 is 0. The van der Waals surface area contributed by atoms with Gasteiger partial charge in [-0.1, -0.05) is 32.4 Å². The Morgan fingerprint density at radius 1 is 1.44 bits per heavy atom. The molecule has 0 aromatic heterocycles. The smallest absolute Gasteiger partial charge is 0.227 e. The van der Waals surface area contributed by atoms with E-state index >= 15 is 0 Å². The van der Waals surface area contributed by atoms with E-state index in [1.807, 2.05) is 25.1 Å². The number of benzene rings is 1. The quantitative estimate of drug-likeness (QED) is 0.779. The van der Waals surface area contributed by atoms with Gasteiger partial charge in [-0.05, 0) is 43.5 Å². The highest BCUT2D eigenvalue weighted by Crippen LogP contribution is 2.14. The molecule has 18 heavy (non-hydrogen) atoms. The van der Waals surface area contributed by atoms with E-state index in [1.165, 1.54) is 5.56 Å². The molecule has 1 atom stereocenters. The van der Waals surface area contributed by atoms with Gasteiger partial charge in [0, 0.05) is 11.6 Å². The molecule has 0 heterocycles. The number of anilines is 1. The number of nitrogens with two attached hydrogens (primary N) is 1. The summed E-state index contributed by atoms with van der Waals surface area (Å²) in [7, 11) is 0. The lowest BCUT2D eigenvalue weighted by Gasteiger charge is -2.12. The molecule has 3 nitrogen and oxygen atoms in total. The molecule has 0 saturated carbocycles. The fraction of sp³-hybridized carbons (Fsp3) is 0.533. The summed E-state index contributed by atoms with van der Waals surface area (Å²) in [6.45, 7) is 4.76. The lowest BCUT2D eigenvalue weighted by Crippen LogP contribution is -2.20. The fourth-order valence-electron chi connectivity index (χ4n) is 1.94. The van der Waals surface area contributed by atoms with Gasteiger partial charge in [0.15, 0.2) is 0 Å². The number of amides is 1. The second-order valence-electron chi connectivity index (χ2n) is 4.77. The van der Waals surface area contributed by atoms with Crippen LogP contribution in [0, 0.1) is 5.92 Å². The summed E-state index contributed by atoms with van der Waals surface area (Å²) >= 11 is 0. The van der Waals surface area contributed by atoms with E-state index in [4.69, 9.17) is 5.73 Å². The third kappa shape index (κ3) is 4.88. The van der Waals surface area contributed by atoms with Crippen LogP contribution in [-0.4, -0.2) is 12.5 Å². The van der Waals surface area contributed by atoms with Crippen molar-refractivity contribution in [1.29, 1.82) is 0 Å².